The van der Waals surface area contributed by atoms with Crippen molar-refractivity contribution in [3.63, 3.8) is 0 Å². The van der Waals surface area contributed by atoms with Crippen LogP contribution in [0.1, 0.15) is 47.4 Å². The fraction of sp³-hybridized carbons (Fsp3) is 0.455. The summed E-state index contributed by atoms with van der Waals surface area (Å²) in [7, 11) is 1.80. The molecule has 5 nitrogen and oxygen atoms in total. The quantitative estimate of drug-likeness (QED) is 0.616. The van der Waals surface area contributed by atoms with Gasteiger partial charge in [-0.05, 0) is 45.0 Å². The molecule has 27 heavy (non-hydrogen) atoms. The van der Waals surface area contributed by atoms with Crippen LogP contribution in [0.25, 0.3) is 0 Å². The van der Waals surface area contributed by atoms with Gasteiger partial charge in [-0.2, -0.15) is 0 Å². The molecule has 3 unspecified atom stereocenters. The zero-order chi connectivity index (χ0) is 19.4. The maximum Gasteiger partial charge on any atom is 0.173 e. The minimum Gasteiger partial charge on any atom is -0.391 e. The van der Waals surface area contributed by atoms with Crippen LogP contribution >= 0.6 is 0 Å². The molecule has 0 bridgehead atoms. The maximum absolute atomic E-state index is 13.2. The van der Waals surface area contributed by atoms with Crippen LogP contribution in [-0.4, -0.2) is 37.7 Å². The highest BCUT2D eigenvalue weighted by molar-refractivity contribution is 6.18. The highest BCUT2D eigenvalue weighted by atomic mass is 16.1. The van der Waals surface area contributed by atoms with E-state index >= 15 is 0 Å². The van der Waals surface area contributed by atoms with Crippen molar-refractivity contribution >= 4 is 11.6 Å². The van der Waals surface area contributed by atoms with E-state index in [4.69, 9.17) is 0 Å². The molecule has 0 aromatic heterocycles. The summed E-state index contributed by atoms with van der Waals surface area (Å²) in [6, 6.07) is 7.37. The first-order valence-corrected chi connectivity index (χ1v) is 9.82. The van der Waals surface area contributed by atoms with Crippen LogP contribution in [0.5, 0.6) is 0 Å². The number of carbonyl (C=O) groups is 2. The Morgan fingerprint density at radius 2 is 1.56 bits per heavy atom. The molecule has 144 valence electrons. The predicted molar refractivity (Wildman–Crippen MR) is 108 cm³/mol. The van der Waals surface area contributed by atoms with Gasteiger partial charge in [0.1, 0.15) is 0 Å². The molecule has 0 aliphatic heterocycles. The molecule has 0 saturated heterocycles. The van der Waals surface area contributed by atoms with Gasteiger partial charge in [-0.25, -0.2) is 0 Å². The Kier molecular flexibility index (Phi) is 6.11. The molecule has 1 aromatic rings. The highest BCUT2D eigenvalue weighted by Gasteiger charge is 2.46. The highest BCUT2D eigenvalue weighted by Crippen LogP contribution is 2.39. The second-order valence-electron chi connectivity index (χ2n) is 7.31. The van der Waals surface area contributed by atoms with Crippen LogP contribution in [0.4, 0.5) is 0 Å². The van der Waals surface area contributed by atoms with Crippen LogP contribution in [0, 0.1) is 11.8 Å². The zero-order valence-electron chi connectivity index (χ0n) is 16.3. The number of benzene rings is 1. The predicted octanol–water partition coefficient (Wildman–Crippen LogP) is 2.67. The van der Waals surface area contributed by atoms with Gasteiger partial charge in [0, 0.05) is 35.6 Å². The third-order valence-corrected chi connectivity index (χ3v) is 5.35. The molecular formula is C22H29N3O2. The summed E-state index contributed by atoms with van der Waals surface area (Å²) in [6.07, 6.45) is 5.94. The van der Waals surface area contributed by atoms with Crippen LogP contribution in [0.3, 0.4) is 0 Å². The molecule has 0 radical (unpaired) electrons. The number of nitrogens with one attached hydrogen (secondary N) is 3. The molecule has 2 aliphatic rings. The van der Waals surface area contributed by atoms with Gasteiger partial charge in [-0.3, -0.25) is 9.59 Å². The van der Waals surface area contributed by atoms with Crippen LogP contribution in [-0.2, 0) is 0 Å². The smallest absolute Gasteiger partial charge is 0.173 e. The average Bonchev–Trinajstić information content (AvgIpc) is 2.69. The molecule has 0 spiro atoms. The molecule has 3 atom stereocenters. The van der Waals surface area contributed by atoms with Crippen molar-refractivity contribution in [1.29, 1.82) is 0 Å². The second kappa shape index (κ2) is 8.53. The van der Waals surface area contributed by atoms with Gasteiger partial charge in [0.05, 0.1) is 11.8 Å². The number of Topliss-reactive ketones (excluding diaryl/α,β-unsaturated/α-hetero) is 2. The Morgan fingerprint density at radius 3 is 2.15 bits per heavy atom. The van der Waals surface area contributed by atoms with E-state index in [0.717, 1.165) is 37.3 Å². The van der Waals surface area contributed by atoms with Crippen molar-refractivity contribution in [1.82, 2.24) is 16.0 Å². The fourth-order valence-corrected chi connectivity index (χ4v) is 3.93. The summed E-state index contributed by atoms with van der Waals surface area (Å²) in [6.45, 7) is 6.20. The van der Waals surface area contributed by atoms with Crippen molar-refractivity contribution in [2.45, 2.75) is 32.7 Å². The summed E-state index contributed by atoms with van der Waals surface area (Å²) < 4.78 is 0. The Morgan fingerprint density at radius 1 is 0.963 bits per heavy atom. The summed E-state index contributed by atoms with van der Waals surface area (Å²) >= 11 is 0. The number of allylic oxidation sites excluding steroid dienone is 4. The number of ketones is 2. The first kappa shape index (κ1) is 19.4. The number of rotatable bonds is 8. The van der Waals surface area contributed by atoms with E-state index in [1.54, 1.807) is 19.2 Å². The van der Waals surface area contributed by atoms with Crippen molar-refractivity contribution < 1.29 is 9.59 Å². The van der Waals surface area contributed by atoms with E-state index in [0.29, 0.717) is 11.1 Å². The van der Waals surface area contributed by atoms with Gasteiger partial charge in [-0.1, -0.05) is 31.2 Å². The van der Waals surface area contributed by atoms with Crippen LogP contribution in [0.15, 0.2) is 47.8 Å². The van der Waals surface area contributed by atoms with Gasteiger partial charge in [0.25, 0.3) is 0 Å². The van der Waals surface area contributed by atoms with Crippen molar-refractivity contribution in [3.05, 3.63) is 58.9 Å². The van der Waals surface area contributed by atoms with E-state index in [-0.39, 0.29) is 17.6 Å². The fourth-order valence-electron chi connectivity index (χ4n) is 3.93. The van der Waals surface area contributed by atoms with Gasteiger partial charge < -0.3 is 16.0 Å². The molecule has 0 fully saturated rings. The second-order valence-corrected chi connectivity index (χ2v) is 7.31. The minimum absolute atomic E-state index is 0.0143. The largest absolute Gasteiger partial charge is 0.391 e. The number of carbonyl (C=O) groups excluding carboxylic acids is 2. The third-order valence-electron chi connectivity index (χ3n) is 5.35. The molecule has 1 aromatic carbocycles. The molecule has 0 saturated carbocycles. The van der Waals surface area contributed by atoms with Crippen molar-refractivity contribution in [2.75, 3.05) is 20.1 Å². The monoisotopic (exact) mass is 367 g/mol. The molecule has 0 heterocycles. The lowest BCUT2D eigenvalue weighted by molar-refractivity contribution is 0.0775. The van der Waals surface area contributed by atoms with Gasteiger partial charge in [0.15, 0.2) is 11.6 Å². The molecule has 0 amide bonds. The average molecular weight is 367 g/mol. The normalized spacial score (nSPS) is 22.3. The maximum atomic E-state index is 13.2. The number of hydrogen-bond donors (Lipinski definition) is 3. The Labute approximate surface area is 161 Å². The van der Waals surface area contributed by atoms with Crippen LogP contribution in [0.2, 0.25) is 0 Å². The van der Waals surface area contributed by atoms with Gasteiger partial charge >= 0.3 is 0 Å². The van der Waals surface area contributed by atoms with Crippen molar-refractivity contribution in [2.24, 2.45) is 11.8 Å². The van der Waals surface area contributed by atoms with E-state index in [2.05, 4.69) is 29.8 Å². The molecular weight excluding hydrogens is 338 g/mol. The molecule has 5 heteroatoms. The lowest BCUT2D eigenvalue weighted by Gasteiger charge is -2.37. The summed E-state index contributed by atoms with van der Waals surface area (Å²) in [5.74, 6) is -0.923. The topological polar surface area (TPSA) is 70.2 Å². The van der Waals surface area contributed by atoms with E-state index in [9.17, 15) is 9.59 Å². The zero-order valence-corrected chi connectivity index (χ0v) is 16.3. The summed E-state index contributed by atoms with van der Waals surface area (Å²) in [5, 5.41) is 10.0. The lowest BCUT2D eigenvalue weighted by Crippen LogP contribution is -2.46. The lowest BCUT2D eigenvalue weighted by atomic mass is 9.69. The van der Waals surface area contributed by atoms with Crippen LogP contribution < -0.4 is 16.0 Å². The minimum atomic E-state index is -0.481. The Balaban J connectivity index is 1.84. The molecule has 3 N–H and O–H groups in total. The van der Waals surface area contributed by atoms with Crippen molar-refractivity contribution in [3.8, 4) is 0 Å². The summed E-state index contributed by atoms with van der Waals surface area (Å²) in [5.41, 5.74) is 2.71. The SMILES string of the molecule is CCCNCCC(C)NC1=CC=C(NC)C2C(=O)c3ccccc3C(=O)C12. The first-order chi connectivity index (χ1) is 13.1. The Hall–Kier alpha value is -2.40. The first-order valence-electron chi connectivity index (χ1n) is 9.82. The molecule has 2 aliphatic carbocycles. The third kappa shape index (κ3) is 3.83. The number of fused-ring (bicyclic) bond motifs is 2. The Bertz CT molecular complexity index is 782. The number of hydrogen-bond acceptors (Lipinski definition) is 5. The van der Waals surface area contributed by atoms with Gasteiger partial charge in [-0.15, -0.1) is 0 Å². The standard InChI is InChI=1S/C22H29N3O2/c1-4-12-24-13-11-14(2)25-18-10-9-17(23-3)19-20(18)22(27)16-8-6-5-7-15(16)21(19)26/h5-10,14,19-20,23-25H,4,11-13H2,1-3H3. The van der Waals surface area contributed by atoms with E-state index < -0.39 is 11.8 Å². The van der Waals surface area contributed by atoms with E-state index in [1.807, 2.05) is 24.3 Å². The molecule has 3 rings (SSSR count). The summed E-state index contributed by atoms with van der Waals surface area (Å²) in [4.78, 5) is 26.4. The van der Waals surface area contributed by atoms with Gasteiger partial charge in [0.2, 0.25) is 0 Å². The van der Waals surface area contributed by atoms with E-state index in [1.165, 1.54) is 0 Å².